The van der Waals surface area contributed by atoms with Crippen LogP contribution in [0, 0.1) is 6.92 Å². The maximum absolute atomic E-state index is 4.60. The number of pyridine rings is 1. The van der Waals surface area contributed by atoms with E-state index < -0.39 is 0 Å². The van der Waals surface area contributed by atoms with E-state index in [1.54, 1.807) is 0 Å². The van der Waals surface area contributed by atoms with E-state index in [4.69, 9.17) is 0 Å². The topological polar surface area (TPSA) is 66.0 Å². The maximum atomic E-state index is 4.60. The zero-order valence-corrected chi connectivity index (χ0v) is 16.1. The third-order valence-electron chi connectivity index (χ3n) is 5.30. The van der Waals surface area contributed by atoms with Gasteiger partial charge in [-0.2, -0.15) is 10.2 Å². The SMILES string of the molecule is Cc1ccc(-c2n[nH]cc2C2CC(c3ccc(-c4ccccn4)cc3)=NN2)cc1. The van der Waals surface area contributed by atoms with Crippen molar-refractivity contribution in [2.24, 2.45) is 5.10 Å². The summed E-state index contributed by atoms with van der Waals surface area (Å²) in [5.74, 6) is 0. The van der Waals surface area contributed by atoms with E-state index in [9.17, 15) is 0 Å². The van der Waals surface area contributed by atoms with Gasteiger partial charge in [0.05, 0.1) is 23.1 Å². The largest absolute Gasteiger partial charge is 0.302 e. The van der Waals surface area contributed by atoms with Crippen molar-refractivity contribution < 1.29 is 0 Å². The molecule has 1 aliphatic rings. The van der Waals surface area contributed by atoms with E-state index in [0.717, 1.165) is 45.8 Å². The molecule has 5 nitrogen and oxygen atoms in total. The van der Waals surface area contributed by atoms with Crippen molar-refractivity contribution in [2.45, 2.75) is 19.4 Å². The Balaban J connectivity index is 1.34. The monoisotopic (exact) mass is 379 g/mol. The molecular formula is C24H21N5. The third-order valence-corrected chi connectivity index (χ3v) is 5.30. The van der Waals surface area contributed by atoms with E-state index in [1.807, 2.05) is 30.6 Å². The van der Waals surface area contributed by atoms with E-state index in [2.05, 4.69) is 81.2 Å². The number of hydrogen-bond acceptors (Lipinski definition) is 4. The summed E-state index contributed by atoms with van der Waals surface area (Å²) < 4.78 is 0. The van der Waals surface area contributed by atoms with Gasteiger partial charge in [-0.3, -0.25) is 10.1 Å². The standard InChI is InChI=1S/C24H21N5/c1-16-5-7-19(8-6-16)24-20(15-26-29-24)23-14-22(27-28-23)18-11-9-17(10-12-18)21-4-2-3-13-25-21/h2-13,15,23,28H,14H2,1H3,(H,26,29). The van der Waals surface area contributed by atoms with Crippen molar-refractivity contribution >= 4 is 5.71 Å². The molecule has 0 radical (unpaired) electrons. The molecule has 0 saturated heterocycles. The van der Waals surface area contributed by atoms with Gasteiger partial charge in [0.2, 0.25) is 0 Å². The number of H-pyrrole nitrogens is 1. The molecule has 2 aromatic heterocycles. The fourth-order valence-corrected chi connectivity index (χ4v) is 3.68. The zero-order chi connectivity index (χ0) is 19.6. The van der Waals surface area contributed by atoms with Gasteiger partial charge in [0.1, 0.15) is 0 Å². The average Bonchev–Trinajstić information content (AvgIpc) is 3.45. The van der Waals surface area contributed by atoms with Crippen LogP contribution >= 0.6 is 0 Å². The minimum Gasteiger partial charge on any atom is -0.302 e. The third kappa shape index (κ3) is 3.43. The van der Waals surface area contributed by atoms with Gasteiger partial charge in [-0.1, -0.05) is 60.2 Å². The summed E-state index contributed by atoms with van der Waals surface area (Å²) in [6, 6.07) is 22.9. The Hall–Kier alpha value is -3.73. The van der Waals surface area contributed by atoms with Gasteiger partial charge in [0, 0.05) is 35.5 Å². The molecule has 29 heavy (non-hydrogen) atoms. The van der Waals surface area contributed by atoms with Gasteiger partial charge in [0.25, 0.3) is 0 Å². The van der Waals surface area contributed by atoms with Gasteiger partial charge in [0.15, 0.2) is 0 Å². The Morgan fingerprint density at radius 3 is 2.38 bits per heavy atom. The molecular weight excluding hydrogens is 358 g/mol. The second kappa shape index (κ2) is 7.36. The lowest BCUT2D eigenvalue weighted by molar-refractivity contribution is 0.621. The first-order valence-electron chi connectivity index (χ1n) is 9.72. The highest BCUT2D eigenvalue weighted by Crippen LogP contribution is 2.31. The van der Waals surface area contributed by atoms with Crippen LogP contribution in [-0.2, 0) is 0 Å². The van der Waals surface area contributed by atoms with Crippen LogP contribution < -0.4 is 5.43 Å². The lowest BCUT2D eigenvalue weighted by atomic mass is 9.96. The minimum atomic E-state index is 0.107. The fourth-order valence-electron chi connectivity index (χ4n) is 3.68. The Bertz CT molecular complexity index is 1140. The predicted molar refractivity (Wildman–Crippen MR) is 115 cm³/mol. The van der Waals surface area contributed by atoms with Crippen molar-refractivity contribution in [3.63, 3.8) is 0 Å². The molecule has 4 aromatic rings. The Kier molecular flexibility index (Phi) is 4.41. The molecule has 1 unspecified atom stereocenters. The number of aryl methyl sites for hydroxylation is 1. The second-order valence-electron chi connectivity index (χ2n) is 7.29. The normalized spacial score (nSPS) is 15.8. The molecule has 0 saturated carbocycles. The zero-order valence-electron chi connectivity index (χ0n) is 16.1. The molecule has 5 rings (SSSR count). The molecule has 0 amide bonds. The first kappa shape index (κ1) is 17.4. The van der Waals surface area contributed by atoms with E-state index >= 15 is 0 Å². The van der Waals surface area contributed by atoms with Crippen LogP contribution in [0.15, 0.2) is 84.2 Å². The molecule has 0 bridgehead atoms. The van der Waals surface area contributed by atoms with E-state index in [1.165, 1.54) is 5.56 Å². The first-order chi connectivity index (χ1) is 14.3. The van der Waals surface area contributed by atoms with Gasteiger partial charge in [-0.25, -0.2) is 0 Å². The number of nitrogens with zero attached hydrogens (tertiary/aromatic N) is 3. The Morgan fingerprint density at radius 1 is 0.862 bits per heavy atom. The second-order valence-corrected chi connectivity index (χ2v) is 7.29. The first-order valence-corrected chi connectivity index (χ1v) is 9.72. The highest BCUT2D eigenvalue weighted by atomic mass is 15.3. The molecule has 2 aromatic carbocycles. The lowest BCUT2D eigenvalue weighted by Crippen LogP contribution is -2.10. The van der Waals surface area contributed by atoms with Crippen LogP contribution in [0.4, 0.5) is 0 Å². The molecule has 2 N–H and O–H groups in total. The van der Waals surface area contributed by atoms with E-state index in [0.29, 0.717) is 0 Å². The minimum absolute atomic E-state index is 0.107. The van der Waals surface area contributed by atoms with Gasteiger partial charge in [-0.05, 0) is 24.6 Å². The van der Waals surface area contributed by atoms with Crippen LogP contribution in [0.5, 0.6) is 0 Å². The molecule has 0 spiro atoms. The number of aromatic amines is 1. The quantitative estimate of drug-likeness (QED) is 0.531. The Labute approximate surface area is 169 Å². The van der Waals surface area contributed by atoms with E-state index in [-0.39, 0.29) is 6.04 Å². The number of benzene rings is 2. The molecule has 1 atom stereocenters. The average molecular weight is 379 g/mol. The molecule has 0 aliphatic carbocycles. The number of hydrogen-bond donors (Lipinski definition) is 2. The summed E-state index contributed by atoms with van der Waals surface area (Å²) in [5.41, 5.74) is 12.0. The molecule has 5 heteroatoms. The number of aromatic nitrogens is 3. The van der Waals surface area contributed by atoms with Crippen LogP contribution in [0.25, 0.3) is 22.5 Å². The number of rotatable bonds is 4. The van der Waals surface area contributed by atoms with Crippen molar-refractivity contribution in [1.82, 2.24) is 20.6 Å². The van der Waals surface area contributed by atoms with Crippen molar-refractivity contribution in [3.05, 3.63) is 95.8 Å². The van der Waals surface area contributed by atoms with Crippen LogP contribution in [0.1, 0.15) is 29.2 Å². The fraction of sp³-hybridized carbons (Fsp3) is 0.125. The summed E-state index contributed by atoms with van der Waals surface area (Å²) in [6.07, 6.45) is 4.60. The lowest BCUT2D eigenvalue weighted by Gasteiger charge is -2.10. The Morgan fingerprint density at radius 2 is 1.62 bits per heavy atom. The highest BCUT2D eigenvalue weighted by molar-refractivity contribution is 6.02. The molecule has 3 heterocycles. The number of hydrazone groups is 1. The van der Waals surface area contributed by atoms with Crippen molar-refractivity contribution in [3.8, 4) is 22.5 Å². The molecule has 1 aliphatic heterocycles. The highest BCUT2D eigenvalue weighted by Gasteiger charge is 2.25. The van der Waals surface area contributed by atoms with Gasteiger partial charge >= 0.3 is 0 Å². The maximum Gasteiger partial charge on any atom is 0.0974 e. The molecule has 0 fully saturated rings. The van der Waals surface area contributed by atoms with Gasteiger partial charge < -0.3 is 5.43 Å². The smallest absolute Gasteiger partial charge is 0.0974 e. The molecule has 142 valence electrons. The van der Waals surface area contributed by atoms with Crippen LogP contribution in [-0.4, -0.2) is 20.9 Å². The number of nitrogens with one attached hydrogen (secondary N) is 2. The van der Waals surface area contributed by atoms with Gasteiger partial charge in [-0.15, -0.1) is 0 Å². The summed E-state index contributed by atoms with van der Waals surface area (Å²) in [5, 5.41) is 12.1. The van der Waals surface area contributed by atoms with Crippen molar-refractivity contribution in [2.75, 3.05) is 0 Å². The summed E-state index contributed by atoms with van der Waals surface area (Å²) >= 11 is 0. The predicted octanol–water partition coefficient (Wildman–Crippen LogP) is 4.89. The summed E-state index contributed by atoms with van der Waals surface area (Å²) in [7, 11) is 0. The van der Waals surface area contributed by atoms with Crippen LogP contribution in [0.3, 0.4) is 0 Å². The van der Waals surface area contributed by atoms with Crippen LogP contribution in [0.2, 0.25) is 0 Å². The summed E-state index contributed by atoms with van der Waals surface area (Å²) in [6.45, 7) is 2.09. The van der Waals surface area contributed by atoms with Crippen molar-refractivity contribution in [1.29, 1.82) is 0 Å². The summed E-state index contributed by atoms with van der Waals surface area (Å²) in [4.78, 5) is 4.41.